The normalized spacial score (nSPS) is 12.7. The first kappa shape index (κ1) is 12.7. The van der Waals surface area contributed by atoms with Gasteiger partial charge in [0.1, 0.15) is 6.04 Å². The standard InChI is InChI=1S/C11H18N4O/c1-9(2)15-8-10(7-14-15)11(6-12)13-4-5-16-3/h7-9,11,13H,4-5H2,1-3H3. The second-order valence-electron chi connectivity index (χ2n) is 3.86. The average Bonchev–Trinajstić information content (AvgIpc) is 2.74. The molecule has 1 unspecified atom stereocenters. The van der Waals surface area contributed by atoms with Crippen LogP contribution in [0.5, 0.6) is 0 Å². The summed E-state index contributed by atoms with van der Waals surface area (Å²) in [5.74, 6) is 0. The van der Waals surface area contributed by atoms with Crippen LogP contribution in [-0.2, 0) is 4.74 Å². The third-order valence-corrected chi connectivity index (χ3v) is 2.27. The predicted molar refractivity (Wildman–Crippen MR) is 60.8 cm³/mol. The largest absolute Gasteiger partial charge is 0.383 e. The van der Waals surface area contributed by atoms with E-state index >= 15 is 0 Å². The Labute approximate surface area is 96.0 Å². The molecule has 0 aliphatic carbocycles. The van der Waals surface area contributed by atoms with Gasteiger partial charge in [0.05, 0.1) is 18.9 Å². The van der Waals surface area contributed by atoms with E-state index in [0.717, 1.165) is 5.56 Å². The number of ether oxygens (including phenoxy) is 1. The van der Waals surface area contributed by atoms with E-state index in [1.165, 1.54) is 0 Å². The fourth-order valence-electron chi connectivity index (χ4n) is 1.33. The molecule has 1 aromatic rings. The van der Waals surface area contributed by atoms with Gasteiger partial charge in [0.2, 0.25) is 0 Å². The minimum atomic E-state index is -0.317. The lowest BCUT2D eigenvalue weighted by molar-refractivity contribution is 0.198. The zero-order valence-electron chi connectivity index (χ0n) is 9.97. The third kappa shape index (κ3) is 3.33. The maximum absolute atomic E-state index is 9.04. The molecule has 0 aromatic carbocycles. The molecule has 0 saturated heterocycles. The Bertz CT molecular complexity index is 353. The van der Waals surface area contributed by atoms with Crippen LogP contribution >= 0.6 is 0 Å². The fraction of sp³-hybridized carbons (Fsp3) is 0.636. The number of nitriles is 1. The molecule has 0 saturated carbocycles. The summed E-state index contributed by atoms with van der Waals surface area (Å²) in [4.78, 5) is 0. The Morgan fingerprint density at radius 2 is 2.38 bits per heavy atom. The Hall–Kier alpha value is -1.38. The second-order valence-corrected chi connectivity index (χ2v) is 3.86. The van der Waals surface area contributed by atoms with Crippen LogP contribution < -0.4 is 5.32 Å². The number of methoxy groups -OCH3 is 1. The summed E-state index contributed by atoms with van der Waals surface area (Å²) in [6.45, 7) is 5.35. The molecule has 0 aliphatic heterocycles. The number of rotatable bonds is 6. The molecule has 0 spiro atoms. The Kier molecular flexibility index (Phi) is 4.96. The molecule has 5 heteroatoms. The monoisotopic (exact) mass is 222 g/mol. The second kappa shape index (κ2) is 6.26. The van der Waals surface area contributed by atoms with Gasteiger partial charge in [0, 0.05) is 31.5 Å². The summed E-state index contributed by atoms with van der Waals surface area (Å²) >= 11 is 0. The summed E-state index contributed by atoms with van der Waals surface area (Å²) in [6.07, 6.45) is 3.63. The van der Waals surface area contributed by atoms with Gasteiger partial charge in [0.15, 0.2) is 0 Å². The van der Waals surface area contributed by atoms with Crippen molar-refractivity contribution in [2.24, 2.45) is 0 Å². The highest BCUT2D eigenvalue weighted by atomic mass is 16.5. The van der Waals surface area contributed by atoms with Gasteiger partial charge in [-0.05, 0) is 13.8 Å². The maximum atomic E-state index is 9.04. The van der Waals surface area contributed by atoms with Gasteiger partial charge in [-0.3, -0.25) is 10.00 Å². The number of nitrogens with one attached hydrogen (secondary N) is 1. The van der Waals surface area contributed by atoms with Gasteiger partial charge in [-0.2, -0.15) is 10.4 Å². The van der Waals surface area contributed by atoms with Crippen LogP contribution in [0.15, 0.2) is 12.4 Å². The highest BCUT2D eigenvalue weighted by Gasteiger charge is 2.12. The van der Waals surface area contributed by atoms with Crippen molar-refractivity contribution < 1.29 is 4.74 Å². The molecular formula is C11H18N4O. The highest BCUT2D eigenvalue weighted by molar-refractivity contribution is 5.17. The molecule has 5 nitrogen and oxygen atoms in total. The van der Waals surface area contributed by atoms with Crippen LogP contribution in [0, 0.1) is 11.3 Å². The minimum absolute atomic E-state index is 0.312. The lowest BCUT2D eigenvalue weighted by Gasteiger charge is -2.09. The quantitative estimate of drug-likeness (QED) is 0.736. The van der Waals surface area contributed by atoms with Crippen molar-refractivity contribution in [3.8, 4) is 6.07 Å². The Balaban J connectivity index is 2.61. The molecule has 1 heterocycles. The molecule has 0 aliphatic rings. The zero-order chi connectivity index (χ0) is 12.0. The number of aromatic nitrogens is 2. The fourth-order valence-corrected chi connectivity index (χ4v) is 1.33. The topological polar surface area (TPSA) is 62.9 Å². The number of hydrogen-bond acceptors (Lipinski definition) is 4. The lowest BCUT2D eigenvalue weighted by Crippen LogP contribution is -2.23. The highest BCUT2D eigenvalue weighted by Crippen LogP contribution is 2.13. The van der Waals surface area contributed by atoms with Gasteiger partial charge in [-0.25, -0.2) is 0 Å². The Morgan fingerprint density at radius 3 is 2.88 bits per heavy atom. The van der Waals surface area contributed by atoms with Crippen molar-refractivity contribution in [2.45, 2.75) is 25.9 Å². The molecule has 1 aromatic heterocycles. The summed E-state index contributed by atoms with van der Waals surface area (Å²) < 4.78 is 6.77. The number of nitrogens with zero attached hydrogens (tertiary/aromatic N) is 3. The average molecular weight is 222 g/mol. The van der Waals surface area contributed by atoms with E-state index in [1.807, 2.05) is 10.9 Å². The summed E-state index contributed by atoms with van der Waals surface area (Å²) in [5.41, 5.74) is 0.896. The number of hydrogen-bond donors (Lipinski definition) is 1. The van der Waals surface area contributed by atoms with Crippen LogP contribution in [0.2, 0.25) is 0 Å². The van der Waals surface area contributed by atoms with E-state index in [4.69, 9.17) is 10.00 Å². The van der Waals surface area contributed by atoms with Crippen molar-refractivity contribution in [3.05, 3.63) is 18.0 Å². The zero-order valence-corrected chi connectivity index (χ0v) is 9.97. The van der Waals surface area contributed by atoms with Crippen LogP contribution in [0.3, 0.4) is 0 Å². The van der Waals surface area contributed by atoms with Gasteiger partial charge in [-0.1, -0.05) is 0 Å². The van der Waals surface area contributed by atoms with E-state index in [-0.39, 0.29) is 6.04 Å². The van der Waals surface area contributed by atoms with Crippen molar-refractivity contribution >= 4 is 0 Å². The summed E-state index contributed by atoms with van der Waals surface area (Å²) in [6, 6.07) is 2.20. The first-order chi connectivity index (χ1) is 7.69. The summed E-state index contributed by atoms with van der Waals surface area (Å²) in [5, 5.41) is 16.3. The minimum Gasteiger partial charge on any atom is -0.383 e. The molecule has 0 radical (unpaired) electrons. The molecule has 0 bridgehead atoms. The summed E-state index contributed by atoms with van der Waals surface area (Å²) in [7, 11) is 1.64. The predicted octanol–water partition coefficient (Wildman–Crippen LogP) is 1.26. The first-order valence-electron chi connectivity index (χ1n) is 5.35. The van der Waals surface area contributed by atoms with Gasteiger partial charge < -0.3 is 4.74 Å². The van der Waals surface area contributed by atoms with Crippen molar-refractivity contribution in [1.29, 1.82) is 5.26 Å². The Morgan fingerprint density at radius 1 is 1.62 bits per heavy atom. The molecule has 1 N–H and O–H groups in total. The molecule has 0 amide bonds. The first-order valence-corrected chi connectivity index (χ1v) is 5.35. The van der Waals surface area contributed by atoms with Crippen LogP contribution in [0.25, 0.3) is 0 Å². The molecule has 16 heavy (non-hydrogen) atoms. The third-order valence-electron chi connectivity index (χ3n) is 2.27. The molecule has 1 rings (SSSR count). The smallest absolute Gasteiger partial charge is 0.124 e. The van der Waals surface area contributed by atoms with E-state index in [0.29, 0.717) is 19.2 Å². The maximum Gasteiger partial charge on any atom is 0.124 e. The van der Waals surface area contributed by atoms with Gasteiger partial charge in [0.25, 0.3) is 0 Å². The van der Waals surface area contributed by atoms with E-state index in [1.54, 1.807) is 13.3 Å². The van der Waals surface area contributed by atoms with E-state index in [2.05, 4.69) is 30.3 Å². The molecule has 0 fully saturated rings. The van der Waals surface area contributed by atoms with Crippen LogP contribution in [0.4, 0.5) is 0 Å². The van der Waals surface area contributed by atoms with E-state index < -0.39 is 0 Å². The van der Waals surface area contributed by atoms with Crippen molar-refractivity contribution in [1.82, 2.24) is 15.1 Å². The van der Waals surface area contributed by atoms with Crippen molar-refractivity contribution in [3.63, 3.8) is 0 Å². The molecular weight excluding hydrogens is 204 g/mol. The lowest BCUT2D eigenvalue weighted by atomic mass is 10.2. The van der Waals surface area contributed by atoms with Crippen LogP contribution in [0.1, 0.15) is 31.5 Å². The molecule has 88 valence electrons. The van der Waals surface area contributed by atoms with Crippen LogP contribution in [-0.4, -0.2) is 30.0 Å². The van der Waals surface area contributed by atoms with E-state index in [9.17, 15) is 0 Å². The van der Waals surface area contributed by atoms with Gasteiger partial charge in [-0.15, -0.1) is 0 Å². The SMILES string of the molecule is COCCNC(C#N)c1cnn(C(C)C)c1. The molecule has 1 atom stereocenters. The van der Waals surface area contributed by atoms with Gasteiger partial charge >= 0.3 is 0 Å². The van der Waals surface area contributed by atoms with Crippen molar-refractivity contribution in [2.75, 3.05) is 20.3 Å².